The van der Waals surface area contributed by atoms with E-state index >= 15 is 0 Å². The van der Waals surface area contributed by atoms with Gasteiger partial charge in [-0.25, -0.2) is 4.98 Å². The molecule has 0 atom stereocenters. The molecule has 0 spiro atoms. The minimum absolute atomic E-state index is 0.0982. The molecule has 2 rings (SSSR count). The number of aliphatic hydroxyl groups excluding tert-OH is 1. The van der Waals surface area contributed by atoms with E-state index in [2.05, 4.69) is 4.98 Å². The van der Waals surface area contributed by atoms with Gasteiger partial charge < -0.3 is 15.7 Å². The maximum atomic E-state index is 12.5. The van der Waals surface area contributed by atoms with Gasteiger partial charge in [0.2, 0.25) is 0 Å². The van der Waals surface area contributed by atoms with E-state index in [1.165, 1.54) is 17.0 Å². The van der Waals surface area contributed by atoms with Crippen molar-refractivity contribution in [2.75, 3.05) is 18.9 Å². The lowest BCUT2D eigenvalue weighted by molar-refractivity contribution is 0.0702. The van der Waals surface area contributed by atoms with Gasteiger partial charge in [-0.15, -0.1) is 0 Å². The summed E-state index contributed by atoms with van der Waals surface area (Å²) in [5, 5.41) is 9.40. The highest BCUT2D eigenvalue weighted by atomic mass is 35.5. The summed E-state index contributed by atoms with van der Waals surface area (Å²) in [6.45, 7) is 0.423. The molecule has 0 radical (unpaired) electrons. The molecule has 0 aliphatic carbocycles. The van der Waals surface area contributed by atoms with Crippen LogP contribution in [0.1, 0.15) is 16.1 Å². The molecule has 3 N–H and O–H groups in total. The summed E-state index contributed by atoms with van der Waals surface area (Å²) in [6, 6.07) is 12.6. The summed E-state index contributed by atoms with van der Waals surface area (Å²) >= 11 is 6.01. The molecule has 110 valence electrons. The second kappa shape index (κ2) is 7.06. The van der Waals surface area contributed by atoms with E-state index in [0.717, 1.165) is 5.56 Å². The van der Waals surface area contributed by atoms with Crippen molar-refractivity contribution in [3.8, 4) is 0 Å². The van der Waals surface area contributed by atoms with Gasteiger partial charge in [0.1, 0.15) is 11.5 Å². The molecule has 1 heterocycles. The van der Waals surface area contributed by atoms with Crippen LogP contribution in [-0.4, -0.2) is 34.0 Å². The van der Waals surface area contributed by atoms with Crippen LogP contribution in [0, 0.1) is 0 Å². The van der Waals surface area contributed by atoms with Gasteiger partial charge in [-0.1, -0.05) is 41.9 Å². The summed E-state index contributed by atoms with van der Waals surface area (Å²) in [7, 11) is 0. The highest BCUT2D eigenvalue weighted by Crippen LogP contribution is 2.18. The van der Waals surface area contributed by atoms with Crippen LogP contribution < -0.4 is 5.73 Å². The zero-order chi connectivity index (χ0) is 15.2. The number of nitrogens with two attached hydrogens (primary N) is 1. The van der Waals surface area contributed by atoms with E-state index in [4.69, 9.17) is 22.4 Å². The number of anilines is 1. The third kappa shape index (κ3) is 3.93. The van der Waals surface area contributed by atoms with Gasteiger partial charge in [0.25, 0.3) is 5.91 Å². The van der Waals surface area contributed by atoms with E-state index in [1.807, 2.05) is 30.3 Å². The number of nitrogen functional groups attached to an aromatic ring is 1. The molecular weight excluding hydrogens is 290 g/mol. The number of nitrogens with zero attached hydrogens (tertiary/aromatic N) is 2. The van der Waals surface area contributed by atoms with Crippen molar-refractivity contribution in [1.82, 2.24) is 9.88 Å². The number of hydrogen-bond acceptors (Lipinski definition) is 4. The molecule has 0 saturated carbocycles. The van der Waals surface area contributed by atoms with Crippen molar-refractivity contribution in [2.45, 2.75) is 6.54 Å². The average Bonchev–Trinajstić information content (AvgIpc) is 2.49. The third-order valence-corrected chi connectivity index (χ3v) is 3.25. The van der Waals surface area contributed by atoms with E-state index in [0.29, 0.717) is 6.54 Å². The van der Waals surface area contributed by atoms with Crippen molar-refractivity contribution in [1.29, 1.82) is 0 Å². The van der Waals surface area contributed by atoms with Gasteiger partial charge in [-0.2, -0.15) is 0 Å². The van der Waals surface area contributed by atoms with E-state index in [-0.39, 0.29) is 35.6 Å². The van der Waals surface area contributed by atoms with Crippen LogP contribution in [0.4, 0.5) is 5.82 Å². The number of hydrogen-bond donors (Lipinski definition) is 2. The first-order valence-electron chi connectivity index (χ1n) is 6.48. The number of benzene rings is 1. The van der Waals surface area contributed by atoms with Crippen molar-refractivity contribution in [3.05, 3.63) is 58.7 Å². The number of carbonyl (C=O) groups is 1. The molecule has 0 bridgehead atoms. The lowest BCUT2D eigenvalue weighted by Crippen LogP contribution is -2.34. The number of rotatable bonds is 5. The Hall–Kier alpha value is -2.11. The second-order valence-electron chi connectivity index (χ2n) is 4.50. The smallest absolute Gasteiger partial charge is 0.274 e. The Morgan fingerprint density at radius 2 is 1.95 bits per heavy atom. The molecule has 1 aromatic heterocycles. The zero-order valence-corrected chi connectivity index (χ0v) is 12.1. The highest BCUT2D eigenvalue weighted by molar-refractivity contribution is 6.33. The van der Waals surface area contributed by atoms with Crippen molar-refractivity contribution in [2.24, 2.45) is 0 Å². The number of aromatic nitrogens is 1. The fourth-order valence-corrected chi connectivity index (χ4v) is 2.12. The van der Waals surface area contributed by atoms with Crippen LogP contribution >= 0.6 is 11.6 Å². The topological polar surface area (TPSA) is 79.5 Å². The monoisotopic (exact) mass is 305 g/mol. The number of pyridine rings is 1. The number of aliphatic hydroxyl groups is 1. The van der Waals surface area contributed by atoms with Crippen LogP contribution in [-0.2, 0) is 6.54 Å². The SMILES string of the molecule is Nc1ccc(Cl)c(C(=O)N(CCO)Cc2ccccc2)n1. The Kier molecular flexibility index (Phi) is 5.14. The maximum Gasteiger partial charge on any atom is 0.274 e. The lowest BCUT2D eigenvalue weighted by atomic mass is 10.2. The predicted octanol–water partition coefficient (Wildman–Crippen LogP) is 1.95. The Morgan fingerprint density at radius 1 is 1.24 bits per heavy atom. The molecule has 21 heavy (non-hydrogen) atoms. The van der Waals surface area contributed by atoms with Crippen LogP contribution in [0.15, 0.2) is 42.5 Å². The summed E-state index contributed by atoms with van der Waals surface area (Å²) in [6.07, 6.45) is 0. The molecular formula is C15H16ClN3O2. The molecule has 0 aliphatic heterocycles. The van der Waals surface area contributed by atoms with E-state index < -0.39 is 0 Å². The van der Waals surface area contributed by atoms with E-state index in [1.54, 1.807) is 0 Å². The Balaban J connectivity index is 2.25. The van der Waals surface area contributed by atoms with Gasteiger partial charge in [0.05, 0.1) is 11.6 Å². The van der Waals surface area contributed by atoms with Crippen LogP contribution in [0.3, 0.4) is 0 Å². The molecule has 0 saturated heterocycles. The average molecular weight is 306 g/mol. The standard InChI is InChI=1S/C15H16ClN3O2/c16-12-6-7-13(17)18-14(12)15(21)19(8-9-20)10-11-4-2-1-3-5-11/h1-7,20H,8-10H2,(H2,17,18). The fraction of sp³-hybridized carbons (Fsp3) is 0.200. The molecule has 6 heteroatoms. The molecule has 5 nitrogen and oxygen atoms in total. The first kappa shape index (κ1) is 15.3. The van der Waals surface area contributed by atoms with Gasteiger partial charge in [-0.05, 0) is 17.7 Å². The molecule has 1 amide bonds. The lowest BCUT2D eigenvalue weighted by Gasteiger charge is -2.22. The molecule has 0 unspecified atom stereocenters. The summed E-state index contributed by atoms with van der Waals surface area (Å²) < 4.78 is 0. The number of carbonyl (C=O) groups excluding carboxylic acids is 1. The van der Waals surface area contributed by atoms with Gasteiger partial charge in [0, 0.05) is 13.1 Å². The molecule has 0 fully saturated rings. The molecule has 2 aromatic rings. The van der Waals surface area contributed by atoms with Crippen LogP contribution in [0.25, 0.3) is 0 Å². The summed E-state index contributed by atoms with van der Waals surface area (Å²) in [5.74, 6) is -0.128. The Labute approximate surface area is 128 Å². The quantitative estimate of drug-likeness (QED) is 0.885. The Morgan fingerprint density at radius 3 is 2.62 bits per heavy atom. The first-order chi connectivity index (χ1) is 10.1. The fourth-order valence-electron chi connectivity index (χ4n) is 1.93. The summed E-state index contributed by atoms with van der Waals surface area (Å²) in [5.41, 5.74) is 6.66. The van der Waals surface area contributed by atoms with E-state index in [9.17, 15) is 4.79 Å². The minimum Gasteiger partial charge on any atom is -0.395 e. The first-order valence-corrected chi connectivity index (χ1v) is 6.85. The molecule has 1 aromatic carbocycles. The van der Waals surface area contributed by atoms with Crippen molar-refractivity contribution < 1.29 is 9.90 Å². The van der Waals surface area contributed by atoms with Gasteiger partial charge >= 0.3 is 0 Å². The molecule has 0 aliphatic rings. The maximum absolute atomic E-state index is 12.5. The number of amides is 1. The third-order valence-electron chi connectivity index (χ3n) is 2.94. The highest BCUT2D eigenvalue weighted by Gasteiger charge is 2.20. The van der Waals surface area contributed by atoms with Crippen molar-refractivity contribution in [3.63, 3.8) is 0 Å². The zero-order valence-electron chi connectivity index (χ0n) is 11.4. The minimum atomic E-state index is -0.356. The predicted molar refractivity (Wildman–Crippen MR) is 81.9 cm³/mol. The van der Waals surface area contributed by atoms with Gasteiger partial charge in [-0.3, -0.25) is 4.79 Å². The van der Waals surface area contributed by atoms with Crippen LogP contribution in [0.2, 0.25) is 5.02 Å². The van der Waals surface area contributed by atoms with Crippen LogP contribution in [0.5, 0.6) is 0 Å². The normalized spacial score (nSPS) is 10.4. The number of halogens is 1. The largest absolute Gasteiger partial charge is 0.395 e. The second-order valence-corrected chi connectivity index (χ2v) is 4.91. The van der Waals surface area contributed by atoms with Gasteiger partial charge in [0.15, 0.2) is 0 Å². The Bertz CT molecular complexity index is 620. The summed E-state index contributed by atoms with van der Waals surface area (Å²) in [4.78, 5) is 18.0. The van der Waals surface area contributed by atoms with Crippen molar-refractivity contribution >= 4 is 23.3 Å².